The third-order valence-corrected chi connectivity index (χ3v) is 4.68. The third-order valence-electron chi connectivity index (χ3n) is 4.68. The summed E-state index contributed by atoms with van der Waals surface area (Å²) in [4.78, 5) is 22.0. The number of hydrogen-bond donors (Lipinski definition) is 1. The molecule has 4 rings (SSSR count). The second kappa shape index (κ2) is 6.72. The molecular weight excluding hydrogens is 340 g/mol. The summed E-state index contributed by atoms with van der Waals surface area (Å²) in [6.07, 6.45) is 0. The van der Waals surface area contributed by atoms with Gasteiger partial charge in [0.25, 0.3) is 0 Å². The van der Waals surface area contributed by atoms with Crippen LogP contribution >= 0.6 is 0 Å². The number of nitrogens with zero attached hydrogens (tertiary/aromatic N) is 3. The van der Waals surface area contributed by atoms with Crippen molar-refractivity contribution >= 4 is 34.0 Å². The van der Waals surface area contributed by atoms with Crippen LogP contribution in [0.3, 0.4) is 0 Å². The summed E-state index contributed by atoms with van der Waals surface area (Å²) in [7, 11) is 0. The van der Waals surface area contributed by atoms with E-state index in [1.165, 1.54) is 0 Å². The number of esters is 1. The molecule has 2 aromatic carbocycles. The molecule has 0 saturated heterocycles. The predicted octanol–water partition coefficient (Wildman–Crippen LogP) is 3.95. The van der Waals surface area contributed by atoms with Crippen LogP contribution in [-0.4, -0.2) is 27.1 Å². The molecule has 0 bridgehead atoms. The van der Waals surface area contributed by atoms with E-state index >= 15 is 0 Å². The Morgan fingerprint density at radius 1 is 1.07 bits per heavy atom. The zero-order valence-corrected chi connectivity index (χ0v) is 15.2. The highest BCUT2D eigenvalue weighted by Gasteiger charge is 2.27. The molecule has 2 aromatic heterocycles. The van der Waals surface area contributed by atoms with Gasteiger partial charge in [-0.15, -0.1) is 0 Å². The fourth-order valence-electron chi connectivity index (χ4n) is 3.36. The lowest BCUT2D eigenvalue weighted by Gasteiger charge is -2.17. The Labute approximate surface area is 156 Å². The number of fused-ring (bicyclic) bond motifs is 2. The lowest BCUT2D eigenvalue weighted by atomic mass is 10.1. The molecule has 0 aliphatic rings. The van der Waals surface area contributed by atoms with Gasteiger partial charge in [-0.05, 0) is 31.5 Å². The van der Waals surface area contributed by atoms with Gasteiger partial charge in [-0.2, -0.15) is 0 Å². The van der Waals surface area contributed by atoms with Crippen molar-refractivity contribution in [3.05, 3.63) is 65.7 Å². The van der Waals surface area contributed by atoms with Gasteiger partial charge in [0.1, 0.15) is 16.9 Å². The Kier molecular flexibility index (Phi) is 4.24. The maximum atomic E-state index is 12.6. The number of benzene rings is 2. The van der Waals surface area contributed by atoms with Crippen molar-refractivity contribution in [2.75, 3.05) is 12.3 Å². The minimum Gasteiger partial charge on any atom is -0.462 e. The number of nitrogens with two attached hydrogens (primary N) is 1. The highest BCUT2D eigenvalue weighted by molar-refractivity contribution is 6.08. The summed E-state index contributed by atoms with van der Waals surface area (Å²) in [6.45, 7) is 4.05. The molecule has 0 fully saturated rings. The van der Waals surface area contributed by atoms with Crippen LogP contribution in [0.2, 0.25) is 0 Å². The molecule has 0 aliphatic heterocycles. The van der Waals surface area contributed by atoms with E-state index in [4.69, 9.17) is 15.5 Å². The first kappa shape index (κ1) is 17.0. The van der Waals surface area contributed by atoms with Gasteiger partial charge in [0.15, 0.2) is 5.65 Å². The van der Waals surface area contributed by atoms with E-state index in [1.807, 2.05) is 66.1 Å². The number of carbonyl (C=O) groups is 1. The molecule has 0 spiro atoms. The SMILES string of the molecule is CCOC(=O)c1c(N)n([C@H](C)c2ccccc2)c2nc3ccccc3nc12. The van der Waals surface area contributed by atoms with Gasteiger partial charge in [0.05, 0.1) is 23.7 Å². The van der Waals surface area contributed by atoms with Crippen LogP contribution in [0.15, 0.2) is 54.6 Å². The van der Waals surface area contributed by atoms with Crippen molar-refractivity contribution in [3.63, 3.8) is 0 Å². The first-order valence-corrected chi connectivity index (χ1v) is 8.90. The molecule has 6 heteroatoms. The standard InChI is InChI=1S/C21H20N4O2/c1-3-27-21(26)17-18-20(24-16-12-8-7-11-15(16)23-18)25(19(17)22)13(2)14-9-5-4-6-10-14/h4-13H,3,22H2,1-2H3/t13-/m1/s1. The molecule has 4 aromatic rings. The van der Waals surface area contributed by atoms with Crippen LogP contribution in [0.4, 0.5) is 5.82 Å². The molecule has 0 radical (unpaired) electrons. The molecule has 0 aliphatic carbocycles. The monoisotopic (exact) mass is 360 g/mol. The van der Waals surface area contributed by atoms with Crippen LogP contribution in [0.5, 0.6) is 0 Å². The highest BCUT2D eigenvalue weighted by Crippen LogP contribution is 2.33. The van der Waals surface area contributed by atoms with Gasteiger partial charge in [0.2, 0.25) is 0 Å². The fourth-order valence-corrected chi connectivity index (χ4v) is 3.36. The average Bonchev–Trinajstić information content (AvgIpc) is 2.97. The molecule has 1 atom stereocenters. The van der Waals surface area contributed by atoms with E-state index in [1.54, 1.807) is 6.92 Å². The summed E-state index contributed by atoms with van der Waals surface area (Å²) in [5.74, 6) is -0.168. The van der Waals surface area contributed by atoms with Gasteiger partial charge >= 0.3 is 5.97 Å². The number of rotatable bonds is 4. The summed E-state index contributed by atoms with van der Waals surface area (Å²) < 4.78 is 7.09. The van der Waals surface area contributed by atoms with E-state index in [0.29, 0.717) is 22.5 Å². The lowest BCUT2D eigenvalue weighted by molar-refractivity contribution is 0.0529. The Hall–Kier alpha value is -3.41. The zero-order valence-electron chi connectivity index (χ0n) is 15.2. The number of ether oxygens (including phenoxy) is 1. The molecular formula is C21H20N4O2. The molecule has 0 saturated carbocycles. The van der Waals surface area contributed by atoms with Crippen molar-refractivity contribution in [1.29, 1.82) is 0 Å². The lowest BCUT2D eigenvalue weighted by Crippen LogP contribution is -2.13. The van der Waals surface area contributed by atoms with Gasteiger partial charge in [0, 0.05) is 0 Å². The van der Waals surface area contributed by atoms with Gasteiger partial charge < -0.3 is 15.0 Å². The van der Waals surface area contributed by atoms with Gasteiger partial charge in [-0.3, -0.25) is 0 Å². The minimum atomic E-state index is -0.483. The Bertz CT molecular complexity index is 1140. The van der Waals surface area contributed by atoms with Crippen molar-refractivity contribution in [1.82, 2.24) is 14.5 Å². The van der Waals surface area contributed by atoms with Crippen molar-refractivity contribution in [2.45, 2.75) is 19.9 Å². The smallest absolute Gasteiger partial charge is 0.344 e. The first-order valence-electron chi connectivity index (χ1n) is 8.90. The second-order valence-corrected chi connectivity index (χ2v) is 6.32. The average molecular weight is 360 g/mol. The number of hydrogen-bond acceptors (Lipinski definition) is 5. The van der Waals surface area contributed by atoms with E-state index in [-0.39, 0.29) is 18.2 Å². The number of aromatic nitrogens is 3. The quantitative estimate of drug-likeness (QED) is 0.557. The van der Waals surface area contributed by atoms with Gasteiger partial charge in [-0.25, -0.2) is 14.8 Å². The predicted molar refractivity (Wildman–Crippen MR) is 106 cm³/mol. The first-order chi connectivity index (χ1) is 13.1. The normalized spacial score (nSPS) is 12.4. The van der Waals surface area contributed by atoms with Crippen LogP contribution in [0.25, 0.3) is 22.2 Å². The molecule has 27 heavy (non-hydrogen) atoms. The minimum absolute atomic E-state index is 0.118. The molecule has 2 heterocycles. The number of carbonyl (C=O) groups excluding carboxylic acids is 1. The largest absolute Gasteiger partial charge is 0.462 e. The van der Waals surface area contributed by atoms with Crippen LogP contribution < -0.4 is 5.73 Å². The van der Waals surface area contributed by atoms with Gasteiger partial charge in [-0.1, -0.05) is 42.5 Å². The second-order valence-electron chi connectivity index (χ2n) is 6.32. The van der Waals surface area contributed by atoms with Crippen molar-refractivity contribution < 1.29 is 9.53 Å². The third kappa shape index (κ3) is 2.79. The maximum Gasteiger partial charge on any atom is 0.344 e. The number of nitrogen functional groups attached to an aromatic ring is 1. The van der Waals surface area contributed by atoms with Crippen LogP contribution in [-0.2, 0) is 4.74 Å². The van der Waals surface area contributed by atoms with Crippen LogP contribution in [0, 0.1) is 0 Å². The zero-order chi connectivity index (χ0) is 19.0. The number of para-hydroxylation sites is 2. The van der Waals surface area contributed by atoms with E-state index < -0.39 is 5.97 Å². The Balaban J connectivity index is 2.03. The maximum absolute atomic E-state index is 12.6. The Morgan fingerprint density at radius 2 is 1.70 bits per heavy atom. The topological polar surface area (TPSA) is 83.0 Å². The summed E-state index contributed by atoms with van der Waals surface area (Å²) in [5, 5.41) is 0. The molecule has 136 valence electrons. The fraction of sp³-hybridized carbons (Fsp3) is 0.190. The van der Waals surface area contributed by atoms with Crippen LogP contribution in [0.1, 0.15) is 35.8 Å². The van der Waals surface area contributed by atoms with Crippen molar-refractivity contribution in [2.24, 2.45) is 0 Å². The highest BCUT2D eigenvalue weighted by atomic mass is 16.5. The summed E-state index contributed by atoms with van der Waals surface area (Å²) >= 11 is 0. The van der Waals surface area contributed by atoms with E-state index in [0.717, 1.165) is 11.1 Å². The molecule has 2 N–H and O–H groups in total. The summed E-state index contributed by atoms with van der Waals surface area (Å²) in [5.41, 5.74) is 10.3. The Morgan fingerprint density at radius 3 is 2.37 bits per heavy atom. The molecule has 6 nitrogen and oxygen atoms in total. The number of anilines is 1. The van der Waals surface area contributed by atoms with Crippen molar-refractivity contribution in [3.8, 4) is 0 Å². The van der Waals surface area contributed by atoms with E-state index in [2.05, 4.69) is 4.98 Å². The van der Waals surface area contributed by atoms with E-state index in [9.17, 15) is 4.79 Å². The summed E-state index contributed by atoms with van der Waals surface area (Å²) in [6, 6.07) is 17.4. The molecule has 0 unspecified atom stereocenters. The molecule has 0 amide bonds.